The monoisotopic (exact) mass is 271 g/mol. The molecule has 2 rings (SSSR count). The topological polar surface area (TPSA) is 58.6 Å². The standard InChI is InChI=1S/C16H17NO3/c1-20-15(12-7-3-2-4-8-12)16(19)17-11-13-9-5-6-10-14(13)18/h2-10,15,18H,11H2,1H3,(H,17,19). The van der Waals surface area contributed by atoms with Crippen molar-refractivity contribution >= 4 is 5.91 Å². The zero-order valence-electron chi connectivity index (χ0n) is 11.2. The number of carbonyl (C=O) groups is 1. The van der Waals surface area contributed by atoms with Crippen LogP contribution >= 0.6 is 0 Å². The number of methoxy groups -OCH3 is 1. The summed E-state index contributed by atoms with van der Waals surface area (Å²) < 4.78 is 5.24. The molecule has 2 N–H and O–H groups in total. The van der Waals surface area contributed by atoms with Gasteiger partial charge in [-0.1, -0.05) is 48.5 Å². The van der Waals surface area contributed by atoms with Crippen LogP contribution in [0.1, 0.15) is 17.2 Å². The molecule has 1 unspecified atom stereocenters. The summed E-state index contributed by atoms with van der Waals surface area (Å²) in [5.41, 5.74) is 1.47. The molecule has 1 atom stereocenters. The third-order valence-corrected chi connectivity index (χ3v) is 3.02. The molecular formula is C16H17NO3. The molecule has 2 aromatic rings. The summed E-state index contributed by atoms with van der Waals surface area (Å²) in [6, 6.07) is 16.2. The van der Waals surface area contributed by atoms with Crippen molar-refractivity contribution in [2.75, 3.05) is 7.11 Å². The molecule has 0 aromatic heterocycles. The van der Waals surface area contributed by atoms with Crippen LogP contribution in [0.4, 0.5) is 0 Å². The Morgan fingerprint density at radius 2 is 1.80 bits per heavy atom. The second-order valence-corrected chi connectivity index (χ2v) is 4.37. The Morgan fingerprint density at radius 1 is 1.15 bits per heavy atom. The highest BCUT2D eigenvalue weighted by atomic mass is 16.5. The maximum absolute atomic E-state index is 12.1. The van der Waals surface area contributed by atoms with Crippen LogP contribution in [0.2, 0.25) is 0 Å². The summed E-state index contributed by atoms with van der Waals surface area (Å²) in [6.07, 6.45) is -0.651. The van der Waals surface area contributed by atoms with E-state index in [1.165, 1.54) is 7.11 Å². The second-order valence-electron chi connectivity index (χ2n) is 4.37. The fourth-order valence-electron chi connectivity index (χ4n) is 1.96. The molecule has 0 aliphatic rings. The number of hydrogen-bond donors (Lipinski definition) is 2. The Bertz CT molecular complexity index is 569. The van der Waals surface area contributed by atoms with Gasteiger partial charge in [-0.25, -0.2) is 0 Å². The van der Waals surface area contributed by atoms with E-state index in [1.54, 1.807) is 18.2 Å². The molecule has 0 radical (unpaired) electrons. The quantitative estimate of drug-likeness (QED) is 0.878. The number of nitrogens with one attached hydrogen (secondary N) is 1. The molecule has 0 fully saturated rings. The highest BCUT2D eigenvalue weighted by molar-refractivity contribution is 5.82. The molecule has 0 aliphatic heterocycles. The largest absolute Gasteiger partial charge is 0.508 e. The van der Waals surface area contributed by atoms with Crippen LogP contribution in [-0.4, -0.2) is 18.1 Å². The van der Waals surface area contributed by atoms with Crippen molar-refractivity contribution in [1.29, 1.82) is 0 Å². The Kier molecular flexibility index (Phi) is 4.74. The van der Waals surface area contributed by atoms with Crippen LogP contribution in [0.15, 0.2) is 54.6 Å². The third kappa shape index (κ3) is 3.36. The number of phenols is 1. The number of phenolic OH excluding ortho intramolecular Hbond substituents is 1. The summed E-state index contributed by atoms with van der Waals surface area (Å²) in [6.45, 7) is 0.262. The molecule has 0 heterocycles. The van der Waals surface area contributed by atoms with E-state index in [9.17, 15) is 9.90 Å². The Labute approximate surface area is 118 Å². The average Bonchev–Trinajstić information content (AvgIpc) is 2.48. The number of para-hydroxylation sites is 1. The average molecular weight is 271 g/mol. The van der Waals surface area contributed by atoms with Gasteiger partial charge in [0.15, 0.2) is 6.10 Å². The molecule has 20 heavy (non-hydrogen) atoms. The summed E-state index contributed by atoms with van der Waals surface area (Å²) in [5.74, 6) is -0.0663. The van der Waals surface area contributed by atoms with Gasteiger partial charge in [0.1, 0.15) is 5.75 Å². The molecule has 104 valence electrons. The van der Waals surface area contributed by atoms with Crippen LogP contribution in [0.25, 0.3) is 0 Å². The third-order valence-electron chi connectivity index (χ3n) is 3.02. The summed E-state index contributed by atoms with van der Waals surface area (Å²) >= 11 is 0. The van der Waals surface area contributed by atoms with E-state index in [0.29, 0.717) is 5.56 Å². The van der Waals surface area contributed by atoms with Gasteiger partial charge in [0.25, 0.3) is 5.91 Å². The van der Waals surface area contributed by atoms with E-state index in [0.717, 1.165) is 5.56 Å². The molecule has 2 aromatic carbocycles. The predicted octanol–water partition coefficient (Wildman–Crippen LogP) is 2.40. The van der Waals surface area contributed by atoms with Gasteiger partial charge in [0.2, 0.25) is 0 Å². The van der Waals surface area contributed by atoms with Crippen molar-refractivity contribution in [2.24, 2.45) is 0 Å². The predicted molar refractivity (Wildman–Crippen MR) is 76.1 cm³/mol. The lowest BCUT2D eigenvalue weighted by Crippen LogP contribution is -2.29. The molecule has 4 nitrogen and oxygen atoms in total. The van der Waals surface area contributed by atoms with Crippen LogP contribution in [0.5, 0.6) is 5.75 Å². The van der Waals surface area contributed by atoms with Crippen molar-refractivity contribution in [1.82, 2.24) is 5.32 Å². The van der Waals surface area contributed by atoms with Gasteiger partial charge in [-0.05, 0) is 11.6 Å². The summed E-state index contributed by atoms with van der Waals surface area (Å²) in [7, 11) is 1.50. The van der Waals surface area contributed by atoms with Gasteiger partial charge in [-0.15, -0.1) is 0 Å². The van der Waals surface area contributed by atoms with Crippen molar-refractivity contribution in [2.45, 2.75) is 12.6 Å². The molecule has 0 bridgehead atoms. The van der Waals surface area contributed by atoms with Gasteiger partial charge in [-0.2, -0.15) is 0 Å². The van der Waals surface area contributed by atoms with Crippen molar-refractivity contribution in [3.8, 4) is 5.75 Å². The molecule has 0 aliphatic carbocycles. The molecule has 0 spiro atoms. The zero-order valence-corrected chi connectivity index (χ0v) is 11.2. The zero-order chi connectivity index (χ0) is 14.4. The molecule has 1 amide bonds. The van der Waals surface area contributed by atoms with Crippen LogP contribution in [-0.2, 0) is 16.1 Å². The lowest BCUT2D eigenvalue weighted by atomic mass is 10.1. The smallest absolute Gasteiger partial charge is 0.254 e. The van der Waals surface area contributed by atoms with E-state index < -0.39 is 6.10 Å². The Morgan fingerprint density at radius 3 is 2.45 bits per heavy atom. The minimum absolute atomic E-state index is 0.168. The maximum Gasteiger partial charge on any atom is 0.254 e. The van der Waals surface area contributed by atoms with E-state index in [1.807, 2.05) is 36.4 Å². The van der Waals surface area contributed by atoms with Gasteiger partial charge in [-0.3, -0.25) is 4.79 Å². The first kappa shape index (κ1) is 14.1. The van der Waals surface area contributed by atoms with E-state index in [2.05, 4.69) is 5.32 Å². The summed E-state index contributed by atoms with van der Waals surface area (Å²) in [5, 5.41) is 12.4. The Hall–Kier alpha value is -2.33. The second kappa shape index (κ2) is 6.73. The molecule has 0 saturated heterocycles. The van der Waals surface area contributed by atoms with Crippen molar-refractivity contribution < 1.29 is 14.6 Å². The number of ether oxygens (including phenoxy) is 1. The highest BCUT2D eigenvalue weighted by Crippen LogP contribution is 2.18. The maximum atomic E-state index is 12.1. The molecule has 4 heteroatoms. The first-order valence-electron chi connectivity index (χ1n) is 6.34. The first-order valence-corrected chi connectivity index (χ1v) is 6.34. The van der Waals surface area contributed by atoms with Crippen LogP contribution in [0, 0.1) is 0 Å². The van der Waals surface area contributed by atoms with Gasteiger partial charge >= 0.3 is 0 Å². The minimum atomic E-state index is -0.651. The number of benzene rings is 2. The highest BCUT2D eigenvalue weighted by Gasteiger charge is 2.19. The minimum Gasteiger partial charge on any atom is -0.508 e. The first-order chi connectivity index (χ1) is 9.72. The van der Waals surface area contributed by atoms with E-state index >= 15 is 0 Å². The van der Waals surface area contributed by atoms with E-state index in [-0.39, 0.29) is 18.2 Å². The lowest BCUT2D eigenvalue weighted by Gasteiger charge is -2.16. The number of hydrogen-bond acceptors (Lipinski definition) is 3. The fraction of sp³-hybridized carbons (Fsp3) is 0.188. The molecule has 0 saturated carbocycles. The number of rotatable bonds is 5. The number of aromatic hydroxyl groups is 1. The van der Waals surface area contributed by atoms with Gasteiger partial charge in [0.05, 0.1) is 0 Å². The number of carbonyl (C=O) groups excluding carboxylic acids is 1. The lowest BCUT2D eigenvalue weighted by molar-refractivity contribution is -0.131. The Balaban J connectivity index is 2.02. The summed E-state index contributed by atoms with van der Waals surface area (Å²) in [4.78, 5) is 12.1. The number of amides is 1. The van der Waals surface area contributed by atoms with Crippen LogP contribution < -0.4 is 5.32 Å². The fourth-order valence-corrected chi connectivity index (χ4v) is 1.96. The molecular weight excluding hydrogens is 254 g/mol. The SMILES string of the molecule is COC(C(=O)NCc1ccccc1O)c1ccccc1. The van der Waals surface area contributed by atoms with Crippen LogP contribution in [0.3, 0.4) is 0 Å². The van der Waals surface area contributed by atoms with Crippen molar-refractivity contribution in [3.63, 3.8) is 0 Å². The normalized spacial score (nSPS) is 11.8. The van der Waals surface area contributed by atoms with Gasteiger partial charge < -0.3 is 15.2 Å². The van der Waals surface area contributed by atoms with Crippen molar-refractivity contribution in [3.05, 3.63) is 65.7 Å². The van der Waals surface area contributed by atoms with E-state index in [4.69, 9.17) is 4.74 Å². The van der Waals surface area contributed by atoms with Gasteiger partial charge in [0, 0.05) is 19.2 Å².